The summed E-state index contributed by atoms with van der Waals surface area (Å²) in [6.07, 6.45) is 1.86. The zero-order valence-corrected chi connectivity index (χ0v) is 15.6. The van der Waals surface area contributed by atoms with Crippen LogP contribution in [-0.2, 0) is 10.3 Å². The predicted octanol–water partition coefficient (Wildman–Crippen LogP) is 1.62. The van der Waals surface area contributed by atoms with Crippen LogP contribution in [0.1, 0.15) is 31.2 Å². The first-order valence-corrected chi connectivity index (χ1v) is 9.62. The molecular formula is C18H20BF3N4O3. The number of carbonyl (C=O) groups is 1. The van der Waals surface area contributed by atoms with Crippen molar-refractivity contribution >= 4 is 29.6 Å². The van der Waals surface area contributed by atoms with Gasteiger partial charge in [-0.25, -0.2) is 9.78 Å². The number of nitrogens with zero attached hydrogens (tertiary/aromatic N) is 2. The number of piperidine rings is 1. The van der Waals surface area contributed by atoms with E-state index in [0.29, 0.717) is 44.2 Å². The third-order valence-corrected chi connectivity index (χ3v) is 6.55. The second-order valence-electron chi connectivity index (χ2n) is 8.41. The Morgan fingerprint density at radius 2 is 2.10 bits per heavy atom. The highest BCUT2D eigenvalue weighted by atomic mass is 19.4. The van der Waals surface area contributed by atoms with Crippen molar-refractivity contribution in [3.05, 3.63) is 24.0 Å². The first-order valence-electron chi connectivity index (χ1n) is 9.62. The number of alkyl halides is 3. The number of aromatic amines is 1. The fourth-order valence-corrected chi connectivity index (χ4v) is 5.30. The molecule has 3 aliphatic rings. The molecule has 7 nitrogen and oxygen atoms in total. The molecule has 1 saturated carbocycles. The van der Waals surface area contributed by atoms with Gasteiger partial charge in [0.2, 0.25) is 0 Å². The van der Waals surface area contributed by atoms with Gasteiger partial charge in [0.05, 0.1) is 5.60 Å². The Morgan fingerprint density at radius 3 is 2.79 bits per heavy atom. The molecule has 0 bridgehead atoms. The van der Waals surface area contributed by atoms with Crippen LogP contribution in [-0.4, -0.2) is 58.9 Å². The van der Waals surface area contributed by atoms with Crippen LogP contribution in [0.2, 0.25) is 0 Å². The van der Waals surface area contributed by atoms with E-state index in [2.05, 4.69) is 9.97 Å². The van der Waals surface area contributed by atoms with Crippen LogP contribution in [0.25, 0.3) is 11.0 Å². The summed E-state index contributed by atoms with van der Waals surface area (Å²) >= 11 is 0. The second kappa shape index (κ2) is 6.12. The number of aromatic nitrogens is 2. The van der Waals surface area contributed by atoms with Crippen LogP contribution in [0.4, 0.5) is 18.0 Å². The van der Waals surface area contributed by atoms with E-state index in [-0.39, 0.29) is 5.41 Å². The molecule has 1 saturated heterocycles. The van der Waals surface area contributed by atoms with Crippen molar-refractivity contribution in [1.29, 1.82) is 0 Å². The lowest BCUT2D eigenvalue weighted by Crippen LogP contribution is -2.57. The molecule has 5 rings (SSSR count). The fourth-order valence-electron chi connectivity index (χ4n) is 5.30. The number of hydrogen-bond acceptors (Lipinski definition) is 4. The first kappa shape index (κ1) is 18.7. The van der Waals surface area contributed by atoms with Gasteiger partial charge in [0.25, 0.3) is 0 Å². The number of likely N-dealkylation sites (tertiary alicyclic amines) is 1. The van der Waals surface area contributed by atoms with Gasteiger partial charge in [-0.3, -0.25) is 0 Å². The van der Waals surface area contributed by atoms with Crippen LogP contribution in [0.15, 0.2) is 18.5 Å². The maximum Gasteiger partial charge on any atom is 0.493 e. The quantitative estimate of drug-likeness (QED) is 0.626. The molecule has 2 aromatic heterocycles. The fraction of sp³-hybridized carbons (Fsp3) is 0.556. The van der Waals surface area contributed by atoms with Gasteiger partial charge in [-0.1, -0.05) is 0 Å². The number of hydrogen-bond donors (Lipinski definition) is 3. The van der Waals surface area contributed by atoms with Crippen molar-refractivity contribution < 1.29 is 27.6 Å². The van der Waals surface area contributed by atoms with E-state index >= 15 is 0 Å². The van der Waals surface area contributed by atoms with Crippen LogP contribution < -0.4 is 10.8 Å². The summed E-state index contributed by atoms with van der Waals surface area (Å²) in [5, 5.41) is 13.3. The minimum Gasteiger partial charge on any atom is -0.423 e. The highest BCUT2D eigenvalue weighted by Crippen LogP contribution is 2.62. The minimum atomic E-state index is -4.42. The van der Waals surface area contributed by atoms with E-state index in [4.69, 9.17) is 4.65 Å². The lowest BCUT2D eigenvalue weighted by atomic mass is 9.53. The van der Waals surface area contributed by atoms with E-state index in [0.717, 1.165) is 16.6 Å². The SMILES string of the molecule is O=C(NCC(F)(F)F)N1CCC2(CC1)CC1(C2)OB(O)c2cnc3[nH]ccc3c21. The number of fused-ring (bicyclic) bond motifs is 4. The molecule has 0 atom stereocenters. The van der Waals surface area contributed by atoms with Gasteiger partial charge in [0.15, 0.2) is 0 Å². The molecule has 154 valence electrons. The van der Waals surface area contributed by atoms with E-state index in [1.54, 1.807) is 6.20 Å². The molecule has 2 amide bonds. The zero-order valence-electron chi connectivity index (χ0n) is 15.6. The molecule has 0 unspecified atom stereocenters. The highest BCUT2D eigenvalue weighted by Gasteiger charge is 2.62. The van der Waals surface area contributed by atoms with Crippen molar-refractivity contribution in [2.45, 2.75) is 37.5 Å². The Balaban J connectivity index is 1.28. The van der Waals surface area contributed by atoms with E-state index in [9.17, 15) is 23.0 Å². The second-order valence-corrected chi connectivity index (χ2v) is 8.41. The molecular weight excluding hydrogens is 388 g/mol. The van der Waals surface area contributed by atoms with Gasteiger partial charge < -0.3 is 24.9 Å². The number of nitrogens with one attached hydrogen (secondary N) is 2. The van der Waals surface area contributed by atoms with Crippen molar-refractivity contribution in [3.63, 3.8) is 0 Å². The predicted molar refractivity (Wildman–Crippen MR) is 98.4 cm³/mol. The van der Waals surface area contributed by atoms with Crippen LogP contribution in [0.5, 0.6) is 0 Å². The van der Waals surface area contributed by atoms with Gasteiger partial charge >= 0.3 is 19.3 Å². The summed E-state index contributed by atoms with van der Waals surface area (Å²) in [6, 6.07) is 1.26. The monoisotopic (exact) mass is 408 g/mol. The highest BCUT2D eigenvalue weighted by molar-refractivity contribution is 6.62. The standard InChI is InChI=1S/C18H20BF3N4O3/c20-18(21,22)10-25-15(27)26-5-2-16(3-6-26)8-17(9-16)13-11-1-4-23-14(11)24-7-12(13)19(28)29-17/h1,4,7,28H,2-3,5-6,8-10H2,(H,23,24)(H,25,27). The topological polar surface area (TPSA) is 90.5 Å². The van der Waals surface area contributed by atoms with Gasteiger partial charge in [0, 0.05) is 36.3 Å². The Morgan fingerprint density at radius 1 is 1.38 bits per heavy atom. The van der Waals surface area contributed by atoms with E-state index in [1.165, 1.54) is 4.90 Å². The molecule has 1 aliphatic carbocycles. The maximum atomic E-state index is 12.3. The Hall–Kier alpha value is -2.27. The summed E-state index contributed by atoms with van der Waals surface area (Å²) in [5.41, 5.74) is 1.81. The Kier molecular flexibility index (Phi) is 3.95. The minimum absolute atomic E-state index is 0.0337. The Bertz CT molecular complexity index is 963. The molecule has 29 heavy (non-hydrogen) atoms. The molecule has 0 aromatic carbocycles. The molecule has 2 aromatic rings. The van der Waals surface area contributed by atoms with Crippen LogP contribution in [0, 0.1) is 5.41 Å². The number of urea groups is 1. The van der Waals surface area contributed by atoms with E-state index in [1.807, 2.05) is 17.6 Å². The number of halogens is 3. The zero-order chi connectivity index (χ0) is 20.4. The number of amides is 2. The maximum absolute atomic E-state index is 12.3. The molecule has 3 N–H and O–H groups in total. The number of pyridine rings is 1. The normalized spacial score (nSPS) is 22.2. The summed E-state index contributed by atoms with van der Waals surface area (Å²) in [4.78, 5) is 20.8. The summed E-state index contributed by atoms with van der Waals surface area (Å²) < 4.78 is 42.9. The molecule has 11 heteroatoms. The van der Waals surface area contributed by atoms with Crippen molar-refractivity contribution in [3.8, 4) is 0 Å². The molecule has 0 radical (unpaired) electrons. The summed E-state index contributed by atoms with van der Waals surface area (Å²) in [5.74, 6) is 0. The molecule has 2 fully saturated rings. The van der Waals surface area contributed by atoms with Crippen molar-refractivity contribution in [2.75, 3.05) is 19.6 Å². The number of rotatable bonds is 1. The van der Waals surface area contributed by atoms with Crippen molar-refractivity contribution in [2.24, 2.45) is 5.41 Å². The van der Waals surface area contributed by atoms with Gasteiger partial charge in [-0.2, -0.15) is 13.2 Å². The van der Waals surface area contributed by atoms with Gasteiger partial charge in [-0.05, 0) is 42.7 Å². The van der Waals surface area contributed by atoms with Crippen LogP contribution in [0.3, 0.4) is 0 Å². The smallest absolute Gasteiger partial charge is 0.423 e. The van der Waals surface area contributed by atoms with Crippen molar-refractivity contribution in [1.82, 2.24) is 20.2 Å². The lowest BCUT2D eigenvalue weighted by molar-refractivity contribution is -0.136. The summed E-state index contributed by atoms with van der Waals surface area (Å²) in [6.45, 7) is -0.504. The molecule has 2 spiro atoms. The lowest BCUT2D eigenvalue weighted by Gasteiger charge is -2.58. The van der Waals surface area contributed by atoms with Gasteiger partial charge in [0.1, 0.15) is 12.2 Å². The number of H-pyrrole nitrogens is 1. The van der Waals surface area contributed by atoms with E-state index < -0.39 is 31.5 Å². The third kappa shape index (κ3) is 2.98. The molecule has 4 heterocycles. The largest absolute Gasteiger partial charge is 0.493 e. The summed E-state index contributed by atoms with van der Waals surface area (Å²) in [7, 11) is -1.01. The Labute approximate surface area is 164 Å². The van der Waals surface area contributed by atoms with Gasteiger partial charge in [-0.15, -0.1) is 0 Å². The third-order valence-electron chi connectivity index (χ3n) is 6.55. The first-order chi connectivity index (χ1) is 13.7. The molecule has 2 aliphatic heterocycles. The average molecular weight is 408 g/mol. The average Bonchev–Trinajstić information content (AvgIpc) is 3.22. The number of carbonyl (C=O) groups excluding carboxylic acids is 1. The van der Waals surface area contributed by atoms with Crippen LogP contribution >= 0.6 is 0 Å².